The van der Waals surface area contributed by atoms with Gasteiger partial charge in [-0.3, -0.25) is 9.53 Å². The van der Waals surface area contributed by atoms with Crippen molar-refractivity contribution >= 4 is 17.5 Å². The van der Waals surface area contributed by atoms with Gasteiger partial charge in [-0.25, -0.2) is 4.39 Å². The highest BCUT2D eigenvalue weighted by molar-refractivity contribution is 6.30. The molecule has 2 aromatic rings. The molecule has 1 aromatic carbocycles. The Morgan fingerprint density at radius 3 is 2.52 bits per heavy atom. The molecule has 0 bridgehead atoms. The molecule has 1 saturated heterocycles. The number of carbonyl (C=O) groups is 1. The molecule has 8 nitrogen and oxygen atoms in total. The van der Waals surface area contributed by atoms with E-state index in [1.807, 2.05) is 0 Å². The van der Waals surface area contributed by atoms with Crippen LogP contribution in [-0.2, 0) is 14.3 Å². The third-order valence-corrected chi connectivity index (χ3v) is 5.56. The lowest BCUT2D eigenvalue weighted by atomic mass is 9.82. The van der Waals surface area contributed by atoms with Crippen molar-refractivity contribution in [2.75, 3.05) is 13.2 Å². The summed E-state index contributed by atoms with van der Waals surface area (Å²) >= 11 is 5.78. The fourth-order valence-electron chi connectivity index (χ4n) is 3.64. The first-order valence-corrected chi connectivity index (χ1v) is 10.6. The van der Waals surface area contributed by atoms with Crippen molar-refractivity contribution in [2.24, 2.45) is 0 Å². The number of aromatic nitrogens is 2. The molecule has 2 aliphatic rings. The molecule has 0 radical (unpaired) electrons. The maximum absolute atomic E-state index is 14.7. The first-order valence-electron chi connectivity index (χ1n) is 10.2. The number of hydrogen-bond donors (Lipinski definition) is 1. The van der Waals surface area contributed by atoms with E-state index >= 15 is 0 Å². The predicted molar refractivity (Wildman–Crippen MR) is 104 cm³/mol. The van der Waals surface area contributed by atoms with E-state index in [9.17, 15) is 22.4 Å². The number of rotatable bonds is 7. The minimum atomic E-state index is -4.69. The maximum atomic E-state index is 14.7. The zero-order valence-corrected chi connectivity index (χ0v) is 17.8. The van der Waals surface area contributed by atoms with E-state index in [0.717, 1.165) is 0 Å². The van der Waals surface area contributed by atoms with Crippen molar-refractivity contribution in [3.63, 3.8) is 0 Å². The zero-order chi connectivity index (χ0) is 23.6. The molecule has 0 unspecified atom stereocenters. The molecule has 0 spiro atoms. The first-order chi connectivity index (χ1) is 15.7. The lowest BCUT2D eigenvalue weighted by molar-refractivity contribution is -0.352. The van der Waals surface area contributed by atoms with Gasteiger partial charge in [0.15, 0.2) is 12.7 Å². The average molecular weight is 494 g/mol. The molecule has 180 valence electrons. The Kier molecular flexibility index (Phi) is 7.05. The minimum absolute atomic E-state index is 0.0143. The Balaban J connectivity index is 1.22. The van der Waals surface area contributed by atoms with Crippen molar-refractivity contribution in [3.05, 3.63) is 41.1 Å². The summed E-state index contributed by atoms with van der Waals surface area (Å²) in [5.74, 6) is -0.322. The first kappa shape index (κ1) is 23.7. The normalized spacial score (nSPS) is 27.6. The summed E-state index contributed by atoms with van der Waals surface area (Å²) in [7, 11) is 0. The second-order valence-electron chi connectivity index (χ2n) is 7.85. The Labute approximate surface area is 190 Å². The summed E-state index contributed by atoms with van der Waals surface area (Å²) in [6, 6.07) is 5.91. The second-order valence-corrected chi connectivity index (χ2v) is 8.28. The highest BCUT2D eigenvalue weighted by Crippen LogP contribution is 2.41. The van der Waals surface area contributed by atoms with Crippen LogP contribution in [0.2, 0.25) is 5.02 Å². The standard InChI is InChI=1S/C20H20ClF4N3O5/c21-11-1-3-13(4-2-11)30-9-16(29)26-12-7-15(22)17(31-8-12)19-28-27-18(32-19)10-5-14(6-10)33-20(23,24)25/h1-4,10,12,14-15,17H,5-9H2,(H,26,29)/t10-,12-,14+,15+,17+/m1/s1. The van der Waals surface area contributed by atoms with Gasteiger partial charge in [-0.15, -0.1) is 23.4 Å². The van der Waals surface area contributed by atoms with Gasteiger partial charge in [-0.1, -0.05) is 11.6 Å². The molecular weight excluding hydrogens is 474 g/mol. The van der Waals surface area contributed by atoms with E-state index in [1.165, 1.54) is 0 Å². The van der Waals surface area contributed by atoms with Gasteiger partial charge in [0.25, 0.3) is 5.91 Å². The minimum Gasteiger partial charge on any atom is -0.484 e. The van der Waals surface area contributed by atoms with Crippen LogP contribution < -0.4 is 10.1 Å². The molecule has 1 aliphatic heterocycles. The third-order valence-electron chi connectivity index (χ3n) is 5.31. The van der Waals surface area contributed by atoms with Crippen LogP contribution in [0.5, 0.6) is 5.75 Å². The summed E-state index contributed by atoms with van der Waals surface area (Å²) in [6.07, 6.45) is -8.18. The molecule has 1 aromatic heterocycles. The number of alkyl halides is 4. The molecule has 13 heteroatoms. The molecule has 1 N–H and O–H groups in total. The predicted octanol–water partition coefficient (Wildman–Crippen LogP) is 3.87. The Bertz CT molecular complexity index is 952. The summed E-state index contributed by atoms with van der Waals surface area (Å²) < 4.78 is 71.6. The van der Waals surface area contributed by atoms with E-state index in [4.69, 9.17) is 25.5 Å². The van der Waals surface area contributed by atoms with Crippen LogP contribution in [0.25, 0.3) is 0 Å². The second kappa shape index (κ2) is 9.82. The maximum Gasteiger partial charge on any atom is 0.522 e. The van der Waals surface area contributed by atoms with Crippen molar-refractivity contribution in [1.29, 1.82) is 0 Å². The highest BCUT2D eigenvalue weighted by atomic mass is 35.5. The number of benzene rings is 1. The van der Waals surface area contributed by atoms with E-state index in [2.05, 4.69) is 20.3 Å². The fraction of sp³-hybridized carbons (Fsp3) is 0.550. The number of amides is 1. The van der Waals surface area contributed by atoms with Gasteiger partial charge >= 0.3 is 6.36 Å². The Morgan fingerprint density at radius 1 is 1.15 bits per heavy atom. The van der Waals surface area contributed by atoms with Crippen molar-refractivity contribution in [1.82, 2.24) is 15.5 Å². The quantitative estimate of drug-likeness (QED) is 0.585. The van der Waals surface area contributed by atoms with Gasteiger partial charge < -0.3 is 19.2 Å². The molecule has 1 amide bonds. The average Bonchev–Trinajstić information content (AvgIpc) is 3.18. The van der Waals surface area contributed by atoms with Crippen LogP contribution in [0.1, 0.15) is 43.1 Å². The monoisotopic (exact) mass is 493 g/mol. The van der Waals surface area contributed by atoms with Crippen LogP contribution in [-0.4, -0.2) is 54.0 Å². The van der Waals surface area contributed by atoms with Crippen LogP contribution in [0, 0.1) is 0 Å². The zero-order valence-electron chi connectivity index (χ0n) is 17.1. The van der Waals surface area contributed by atoms with Gasteiger partial charge in [0, 0.05) is 17.4 Å². The van der Waals surface area contributed by atoms with E-state index in [1.54, 1.807) is 24.3 Å². The molecule has 1 aliphatic carbocycles. The number of hydrogen-bond acceptors (Lipinski definition) is 7. The van der Waals surface area contributed by atoms with Crippen molar-refractivity contribution in [3.8, 4) is 5.75 Å². The topological polar surface area (TPSA) is 95.7 Å². The largest absolute Gasteiger partial charge is 0.522 e. The number of nitrogens with zero attached hydrogens (tertiary/aromatic N) is 2. The number of nitrogens with one attached hydrogen (secondary N) is 1. The molecule has 1 saturated carbocycles. The summed E-state index contributed by atoms with van der Waals surface area (Å²) in [6.45, 7) is -0.244. The fourth-order valence-corrected chi connectivity index (χ4v) is 3.77. The Hall–Kier alpha value is -2.44. The van der Waals surface area contributed by atoms with E-state index < -0.39 is 36.7 Å². The third kappa shape index (κ3) is 6.33. The van der Waals surface area contributed by atoms with Crippen LogP contribution >= 0.6 is 11.6 Å². The molecule has 33 heavy (non-hydrogen) atoms. The van der Waals surface area contributed by atoms with Gasteiger partial charge in [-0.05, 0) is 37.1 Å². The molecule has 2 fully saturated rings. The van der Waals surface area contributed by atoms with Crippen molar-refractivity contribution in [2.45, 2.75) is 56.0 Å². The number of ether oxygens (including phenoxy) is 3. The highest BCUT2D eigenvalue weighted by Gasteiger charge is 2.43. The molecule has 4 rings (SSSR count). The molecule has 3 atom stereocenters. The Morgan fingerprint density at radius 2 is 1.85 bits per heavy atom. The summed E-state index contributed by atoms with van der Waals surface area (Å²) in [4.78, 5) is 12.1. The lowest BCUT2D eigenvalue weighted by Gasteiger charge is -2.33. The van der Waals surface area contributed by atoms with Gasteiger partial charge in [0.05, 0.1) is 18.8 Å². The summed E-state index contributed by atoms with van der Waals surface area (Å²) in [5, 5.41) is 10.8. The SMILES string of the molecule is O=C(COc1ccc(Cl)cc1)N[C@H]1CO[C@H](c2nnc([C@H]3C[C@@H](OC(F)(F)F)C3)o2)[C@@H](F)C1. The molecular formula is C20H20ClF4N3O5. The van der Waals surface area contributed by atoms with Crippen LogP contribution in [0.4, 0.5) is 17.6 Å². The molecule has 2 heterocycles. The van der Waals surface area contributed by atoms with Gasteiger partial charge in [0.2, 0.25) is 11.8 Å². The number of carbonyl (C=O) groups excluding carboxylic acids is 1. The van der Waals surface area contributed by atoms with Crippen LogP contribution in [0.15, 0.2) is 28.7 Å². The van der Waals surface area contributed by atoms with Crippen molar-refractivity contribution < 1.29 is 41.0 Å². The van der Waals surface area contributed by atoms with E-state index in [0.29, 0.717) is 10.8 Å². The van der Waals surface area contributed by atoms with E-state index in [-0.39, 0.29) is 50.2 Å². The van der Waals surface area contributed by atoms with Gasteiger partial charge in [-0.2, -0.15) is 0 Å². The lowest BCUT2D eigenvalue weighted by Crippen LogP contribution is -2.46. The van der Waals surface area contributed by atoms with Crippen LogP contribution in [0.3, 0.4) is 0 Å². The van der Waals surface area contributed by atoms with Gasteiger partial charge in [0.1, 0.15) is 11.9 Å². The summed E-state index contributed by atoms with van der Waals surface area (Å²) in [5.41, 5.74) is 0. The number of halogens is 5. The smallest absolute Gasteiger partial charge is 0.484 e.